The van der Waals surface area contributed by atoms with E-state index in [1.54, 1.807) is 26.2 Å². The highest BCUT2D eigenvalue weighted by Crippen LogP contribution is 2.34. The van der Waals surface area contributed by atoms with Gasteiger partial charge in [0, 0.05) is 17.6 Å². The van der Waals surface area contributed by atoms with Crippen molar-refractivity contribution >= 4 is 44.5 Å². The number of nitrogens with zero attached hydrogens (tertiary/aromatic N) is 2. The molecule has 136 valence electrons. The fourth-order valence-electron chi connectivity index (χ4n) is 2.64. The molecule has 1 aliphatic heterocycles. The van der Waals surface area contributed by atoms with Crippen molar-refractivity contribution in [2.75, 3.05) is 21.3 Å². The Balaban J connectivity index is 1.80. The van der Waals surface area contributed by atoms with Gasteiger partial charge in [-0.3, -0.25) is 9.69 Å². The molecule has 1 atom stereocenters. The third-order valence-electron chi connectivity index (χ3n) is 4.09. The summed E-state index contributed by atoms with van der Waals surface area (Å²) in [5.41, 5.74) is 1.79. The second-order valence-corrected chi connectivity index (χ2v) is 7.84. The molecule has 26 heavy (non-hydrogen) atoms. The Bertz CT molecular complexity index is 839. The van der Waals surface area contributed by atoms with Gasteiger partial charge in [-0.1, -0.05) is 33.8 Å². The SMILES string of the molecule is COc1ccc(C[C@H]2SC(=Nc3ccc(Br)cc3)N(C)C2=O)c(OC)c1. The lowest BCUT2D eigenvalue weighted by Crippen LogP contribution is -2.28. The molecule has 1 aliphatic rings. The van der Waals surface area contributed by atoms with Gasteiger partial charge < -0.3 is 9.47 Å². The summed E-state index contributed by atoms with van der Waals surface area (Å²) in [4.78, 5) is 18.9. The molecule has 7 heteroatoms. The van der Waals surface area contributed by atoms with Crippen LogP contribution in [-0.4, -0.2) is 42.5 Å². The quantitative estimate of drug-likeness (QED) is 0.704. The standard InChI is InChI=1S/C19H19BrN2O3S/c1-22-18(23)17(10-12-4-9-15(24-2)11-16(12)25-3)26-19(22)21-14-7-5-13(20)6-8-14/h4-9,11,17H,10H2,1-3H3/t17-/m1/s1. The highest BCUT2D eigenvalue weighted by atomic mass is 79.9. The summed E-state index contributed by atoms with van der Waals surface area (Å²) in [6, 6.07) is 13.3. The molecule has 1 saturated heterocycles. The predicted octanol–water partition coefficient (Wildman–Crippen LogP) is 4.27. The van der Waals surface area contributed by atoms with Crippen molar-refractivity contribution in [1.82, 2.24) is 4.90 Å². The van der Waals surface area contributed by atoms with Crippen LogP contribution in [0.4, 0.5) is 5.69 Å². The molecule has 1 heterocycles. The Hall–Kier alpha value is -1.99. The van der Waals surface area contributed by atoms with E-state index in [9.17, 15) is 4.79 Å². The summed E-state index contributed by atoms with van der Waals surface area (Å²) in [7, 11) is 5.00. The minimum absolute atomic E-state index is 0.0451. The summed E-state index contributed by atoms with van der Waals surface area (Å²) in [5.74, 6) is 1.49. The summed E-state index contributed by atoms with van der Waals surface area (Å²) < 4.78 is 11.7. The molecular formula is C19H19BrN2O3S. The Morgan fingerprint density at radius 1 is 1.15 bits per heavy atom. The van der Waals surface area contributed by atoms with Gasteiger partial charge in [-0.05, 0) is 42.3 Å². The zero-order valence-corrected chi connectivity index (χ0v) is 17.1. The van der Waals surface area contributed by atoms with E-state index in [2.05, 4.69) is 20.9 Å². The van der Waals surface area contributed by atoms with Crippen LogP contribution < -0.4 is 9.47 Å². The maximum Gasteiger partial charge on any atom is 0.242 e. The molecular weight excluding hydrogens is 416 g/mol. The Kier molecular flexibility index (Phi) is 5.88. The molecule has 0 bridgehead atoms. The van der Waals surface area contributed by atoms with Crippen LogP contribution in [0.3, 0.4) is 0 Å². The number of halogens is 1. The van der Waals surface area contributed by atoms with E-state index in [0.29, 0.717) is 11.6 Å². The topological polar surface area (TPSA) is 51.1 Å². The number of rotatable bonds is 5. The highest BCUT2D eigenvalue weighted by Gasteiger charge is 2.36. The fraction of sp³-hybridized carbons (Fsp3) is 0.263. The normalized spacial score (nSPS) is 18.5. The second-order valence-electron chi connectivity index (χ2n) is 5.76. The third-order valence-corrected chi connectivity index (χ3v) is 5.85. The van der Waals surface area contributed by atoms with Crippen molar-refractivity contribution in [2.24, 2.45) is 4.99 Å². The molecule has 3 rings (SSSR count). The van der Waals surface area contributed by atoms with Crippen LogP contribution in [-0.2, 0) is 11.2 Å². The summed E-state index contributed by atoms with van der Waals surface area (Å²) >= 11 is 4.89. The number of hydrogen-bond acceptors (Lipinski definition) is 5. The van der Waals surface area contributed by atoms with E-state index in [4.69, 9.17) is 9.47 Å². The second kappa shape index (κ2) is 8.14. The van der Waals surface area contributed by atoms with Crippen LogP contribution in [0.25, 0.3) is 0 Å². The molecule has 0 unspecified atom stereocenters. The largest absolute Gasteiger partial charge is 0.497 e. The third kappa shape index (κ3) is 4.04. The Morgan fingerprint density at radius 2 is 1.88 bits per heavy atom. The van der Waals surface area contributed by atoms with Gasteiger partial charge in [0.05, 0.1) is 25.2 Å². The van der Waals surface area contributed by atoms with Crippen molar-refractivity contribution in [1.29, 1.82) is 0 Å². The molecule has 5 nitrogen and oxygen atoms in total. The van der Waals surface area contributed by atoms with Gasteiger partial charge in [0.1, 0.15) is 11.5 Å². The number of amides is 1. The maximum atomic E-state index is 12.6. The Labute approximate surface area is 165 Å². The van der Waals surface area contributed by atoms with E-state index in [0.717, 1.165) is 27.2 Å². The molecule has 2 aromatic rings. The molecule has 0 radical (unpaired) electrons. The number of ether oxygens (including phenoxy) is 2. The molecule has 0 saturated carbocycles. The molecule has 0 aromatic heterocycles. The number of carbonyl (C=O) groups excluding carboxylic acids is 1. The van der Waals surface area contributed by atoms with Crippen LogP contribution in [0.2, 0.25) is 0 Å². The van der Waals surface area contributed by atoms with E-state index < -0.39 is 0 Å². The lowest BCUT2D eigenvalue weighted by atomic mass is 10.1. The molecule has 0 aliphatic carbocycles. The molecule has 1 fully saturated rings. The number of benzene rings is 2. The van der Waals surface area contributed by atoms with Crippen molar-refractivity contribution < 1.29 is 14.3 Å². The first-order valence-corrected chi connectivity index (χ1v) is 9.68. The van der Waals surface area contributed by atoms with E-state index >= 15 is 0 Å². The lowest BCUT2D eigenvalue weighted by Gasteiger charge is -2.12. The van der Waals surface area contributed by atoms with Crippen molar-refractivity contribution in [3.05, 3.63) is 52.5 Å². The summed E-state index contributed by atoms with van der Waals surface area (Å²) in [6.07, 6.45) is 0.570. The van der Waals surface area contributed by atoms with Crippen molar-refractivity contribution in [3.8, 4) is 11.5 Å². The van der Waals surface area contributed by atoms with Gasteiger partial charge in [-0.25, -0.2) is 4.99 Å². The van der Waals surface area contributed by atoms with Crippen LogP contribution in [0.15, 0.2) is 51.9 Å². The number of methoxy groups -OCH3 is 2. The number of thioether (sulfide) groups is 1. The van der Waals surface area contributed by atoms with E-state index in [-0.39, 0.29) is 11.2 Å². The average molecular weight is 435 g/mol. The average Bonchev–Trinajstić information content (AvgIpc) is 2.92. The zero-order valence-electron chi connectivity index (χ0n) is 14.7. The van der Waals surface area contributed by atoms with Crippen LogP contribution in [0.1, 0.15) is 5.56 Å². The monoisotopic (exact) mass is 434 g/mol. The molecule has 0 N–H and O–H groups in total. The van der Waals surface area contributed by atoms with Crippen LogP contribution in [0, 0.1) is 0 Å². The predicted molar refractivity (Wildman–Crippen MR) is 109 cm³/mol. The van der Waals surface area contributed by atoms with Gasteiger partial charge in [-0.2, -0.15) is 0 Å². The van der Waals surface area contributed by atoms with Crippen molar-refractivity contribution in [2.45, 2.75) is 11.7 Å². The first kappa shape index (κ1) is 18.8. The molecule has 2 aromatic carbocycles. The number of amidine groups is 1. The van der Waals surface area contributed by atoms with Gasteiger partial charge in [0.2, 0.25) is 5.91 Å². The van der Waals surface area contributed by atoms with Crippen molar-refractivity contribution in [3.63, 3.8) is 0 Å². The lowest BCUT2D eigenvalue weighted by molar-refractivity contribution is -0.125. The number of hydrogen-bond donors (Lipinski definition) is 0. The number of carbonyl (C=O) groups is 1. The minimum atomic E-state index is -0.225. The maximum absolute atomic E-state index is 12.6. The fourth-order valence-corrected chi connectivity index (χ4v) is 4.09. The first-order chi connectivity index (χ1) is 12.5. The molecule has 1 amide bonds. The smallest absolute Gasteiger partial charge is 0.242 e. The minimum Gasteiger partial charge on any atom is -0.497 e. The van der Waals surface area contributed by atoms with E-state index in [1.165, 1.54) is 11.8 Å². The summed E-state index contributed by atoms with van der Waals surface area (Å²) in [6.45, 7) is 0. The number of aliphatic imine (C=N–C) groups is 1. The van der Waals surface area contributed by atoms with Gasteiger partial charge in [0.15, 0.2) is 5.17 Å². The highest BCUT2D eigenvalue weighted by molar-refractivity contribution is 9.10. The zero-order chi connectivity index (χ0) is 18.7. The first-order valence-electron chi connectivity index (χ1n) is 8.01. The van der Waals surface area contributed by atoms with E-state index in [1.807, 2.05) is 42.5 Å². The Morgan fingerprint density at radius 3 is 2.54 bits per heavy atom. The molecule has 0 spiro atoms. The van der Waals surface area contributed by atoms with Crippen LogP contribution in [0.5, 0.6) is 11.5 Å². The van der Waals surface area contributed by atoms with Gasteiger partial charge >= 0.3 is 0 Å². The van der Waals surface area contributed by atoms with Crippen LogP contribution >= 0.6 is 27.7 Å². The van der Waals surface area contributed by atoms with Gasteiger partial charge in [0.25, 0.3) is 0 Å². The van der Waals surface area contributed by atoms with Gasteiger partial charge in [-0.15, -0.1) is 0 Å². The summed E-state index contributed by atoms with van der Waals surface area (Å²) in [5, 5.41) is 0.478.